The lowest BCUT2D eigenvalue weighted by Crippen LogP contribution is -2.44. The van der Waals surface area contributed by atoms with Crippen LogP contribution in [0.2, 0.25) is 0 Å². The molecule has 0 aliphatic heterocycles. The Labute approximate surface area is 120 Å². The van der Waals surface area contributed by atoms with Crippen molar-refractivity contribution in [2.45, 2.75) is 32.8 Å². The number of carbonyl (C=O) groups is 2. The van der Waals surface area contributed by atoms with E-state index >= 15 is 0 Å². The maximum atomic E-state index is 11.6. The molecule has 0 saturated carbocycles. The summed E-state index contributed by atoms with van der Waals surface area (Å²) in [4.78, 5) is 22.9. The van der Waals surface area contributed by atoms with Gasteiger partial charge in [0, 0.05) is 4.47 Å². The van der Waals surface area contributed by atoms with Crippen molar-refractivity contribution >= 4 is 27.9 Å². The molecule has 19 heavy (non-hydrogen) atoms. The highest BCUT2D eigenvalue weighted by Gasteiger charge is 2.16. The molecule has 0 spiro atoms. The lowest BCUT2D eigenvalue weighted by molar-refractivity contribution is -0.121. The Morgan fingerprint density at radius 1 is 1.26 bits per heavy atom. The minimum absolute atomic E-state index is 0.176. The van der Waals surface area contributed by atoms with Gasteiger partial charge >= 0.3 is 6.09 Å². The molecule has 1 aromatic rings. The summed E-state index contributed by atoms with van der Waals surface area (Å²) >= 11 is 3.33. The molecule has 0 fully saturated rings. The topological polar surface area (TPSA) is 67.4 Å². The Balaban J connectivity index is 2.38. The van der Waals surface area contributed by atoms with E-state index in [-0.39, 0.29) is 12.3 Å². The van der Waals surface area contributed by atoms with Gasteiger partial charge < -0.3 is 4.74 Å². The van der Waals surface area contributed by atoms with Gasteiger partial charge in [-0.2, -0.15) is 0 Å². The predicted molar refractivity (Wildman–Crippen MR) is 75.4 cm³/mol. The van der Waals surface area contributed by atoms with Crippen LogP contribution < -0.4 is 10.9 Å². The van der Waals surface area contributed by atoms with Gasteiger partial charge in [-0.15, -0.1) is 0 Å². The van der Waals surface area contributed by atoms with Gasteiger partial charge in [-0.25, -0.2) is 10.2 Å². The second-order valence-electron chi connectivity index (χ2n) is 4.98. The summed E-state index contributed by atoms with van der Waals surface area (Å²) in [5.41, 5.74) is 4.74. The Hall–Kier alpha value is -1.56. The molecule has 0 saturated heterocycles. The van der Waals surface area contributed by atoms with Crippen LogP contribution in [-0.4, -0.2) is 17.6 Å². The lowest BCUT2D eigenvalue weighted by atomic mass is 10.1. The average Bonchev–Trinajstić information content (AvgIpc) is 2.24. The highest BCUT2D eigenvalue weighted by Crippen LogP contribution is 2.11. The number of carbonyl (C=O) groups excluding carboxylic acids is 2. The molecule has 0 aliphatic carbocycles. The maximum Gasteiger partial charge on any atom is 0.426 e. The van der Waals surface area contributed by atoms with Crippen molar-refractivity contribution in [2.24, 2.45) is 0 Å². The highest BCUT2D eigenvalue weighted by molar-refractivity contribution is 9.10. The van der Waals surface area contributed by atoms with E-state index in [1.807, 2.05) is 24.3 Å². The zero-order valence-corrected chi connectivity index (χ0v) is 12.7. The van der Waals surface area contributed by atoms with Crippen LogP contribution in [0.4, 0.5) is 4.79 Å². The van der Waals surface area contributed by atoms with E-state index in [4.69, 9.17) is 4.74 Å². The monoisotopic (exact) mass is 328 g/mol. The largest absolute Gasteiger partial charge is 0.443 e. The first-order valence-corrected chi connectivity index (χ1v) is 6.58. The van der Waals surface area contributed by atoms with Crippen molar-refractivity contribution in [3.05, 3.63) is 34.3 Å². The van der Waals surface area contributed by atoms with Crippen LogP contribution >= 0.6 is 15.9 Å². The van der Waals surface area contributed by atoms with Gasteiger partial charge in [0.15, 0.2) is 0 Å². The fourth-order valence-electron chi connectivity index (χ4n) is 1.30. The van der Waals surface area contributed by atoms with Gasteiger partial charge in [0.1, 0.15) is 5.60 Å². The summed E-state index contributed by atoms with van der Waals surface area (Å²) in [7, 11) is 0. The molecule has 0 bridgehead atoms. The second kappa shape index (κ2) is 6.56. The van der Waals surface area contributed by atoms with E-state index in [0.717, 1.165) is 10.0 Å². The van der Waals surface area contributed by atoms with E-state index in [9.17, 15) is 9.59 Å². The third-order valence-corrected chi connectivity index (χ3v) is 2.45. The Morgan fingerprint density at radius 3 is 2.53 bits per heavy atom. The van der Waals surface area contributed by atoms with Crippen molar-refractivity contribution < 1.29 is 14.3 Å². The molecule has 0 unspecified atom stereocenters. The summed E-state index contributed by atoms with van der Waals surface area (Å²) in [6, 6.07) is 7.39. The van der Waals surface area contributed by atoms with Gasteiger partial charge in [0.05, 0.1) is 6.42 Å². The van der Waals surface area contributed by atoms with Crippen molar-refractivity contribution in [1.82, 2.24) is 10.9 Å². The number of benzene rings is 1. The van der Waals surface area contributed by atoms with Gasteiger partial charge in [-0.05, 0) is 38.5 Å². The summed E-state index contributed by atoms with van der Waals surface area (Å²) in [5, 5.41) is 0. The Kier molecular flexibility index (Phi) is 5.35. The molecular formula is C13H17BrN2O3. The van der Waals surface area contributed by atoms with E-state index in [0.29, 0.717) is 0 Å². The Bertz CT molecular complexity index is 469. The molecule has 2 amide bonds. The Morgan fingerprint density at radius 2 is 1.95 bits per heavy atom. The molecule has 0 aromatic heterocycles. The molecule has 0 heterocycles. The molecule has 0 atom stereocenters. The molecular weight excluding hydrogens is 312 g/mol. The normalized spacial score (nSPS) is 10.7. The first-order valence-electron chi connectivity index (χ1n) is 5.78. The zero-order valence-electron chi connectivity index (χ0n) is 11.1. The minimum atomic E-state index is -0.685. The number of hydrogen-bond acceptors (Lipinski definition) is 3. The number of rotatable bonds is 2. The fraction of sp³-hybridized carbons (Fsp3) is 0.385. The van der Waals surface area contributed by atoms with Crippen LogP contribution in [0.3, 0.4) is 0 Å². The number of nitrogens with one attached hydrogen (secondary N) is 2. The zero-order chi connectivity index (χ0) is 14.5. The quantitative estimate of drug-likeness (QED) is 0.820. The summed E-state index contributed by atoms with van der Waals surface area (Å²) in [6.45, 7) is 5.24. The molecule has 0 aliphatic rings. The lowest BCUT2D eigenvalue weighted by Gasteiger charge is -2.19. The summed E-state index contributed by atoms with van der Waals surface area (Å²) < 4.78 is 5.89. The van der Waals surface area contributed by atoms with Crippen LogP contribution in [0.15, 0.2) is 28.7 Å². The molecule has 0 radical (unpaired) electrons. The summed E-state index contributed by atoms with van der Waals surface area (Å²) in [5.74, 6) is -0.316. The predicted octanol–water partition coefficient (Wildman–Crippen LogP) is 2.55. The molecule has 1 aromatic carbocycles. The first-order chi connectivity index (χ1) is 8.76. The number of hydrazine groups is 1. The van der Waals surface area contributed by atoms with Crippen LogP contribution in [0.5, 0.6) is 0 Å². The van der Waals surface area contributed by atoms with E-state index in [2.05, 4.69) is 26.8 Å². The molecule has 6 heteroatoms. The van der Waals surface area contributed by atoms with Crippen molar-refractivity contribution in [3.8, 4) is 0 Å². The maximum absolute atomic E-state index is 11.6. The van der Waals surface area contributed by atoms with Gasteiger partial charge in [0.2, 0.25) is 5.91 Å². The number of amides is 2. The van der Waals surface area contributed by atoms with Gasteiger partial charge in [-0.1, -0.05) is 28.1 Å². The number of hydrogen-bond donors (Lipinski definition) is 2. The first kappa shape index (κ1) is 15.5. The smallest absolute Gasteiger partial charge is 0.426 e. The fourth-order valence-corrected chi connectivity index (χ4v) is 1.75. The van der Waals surface area contributed by atoms with E-state index in [1.165, 1.54) is 0 Å². The molecule has 1 rings (SSSR count). The van der Waals surface area contributed by atoms with Gasteiger partial charge in [-0.3, -0.25) is 10.2 Å². The number of halogens is 1. The summed E-state index contributed by atoms with van der Waals surface area (Å²) in [6.07, 6.45) is -0.509. The van der Waals surface area contributed by atoms with Crippen LogP contribution in [0.25, 0.3) is 0 Å². The molecule has 2 N–H and O–H groups in total. The second-order valence-corrected chi connectivity index (χ2v) is 5.90. The highest BCUT2D eigenvalue weighted by atomic mass is 79.9. The minimum Gasteiger partial charge on any atom is -0.443 e. The van der Waals surface area contributed by atoms with Crippen LogP contribution in [-0.2, 0) is 16.0 Å². The van der Waals surface area contributed by atoms with Crippen molar-refractivity contribution in [3.63, 3.8) is 0 Å². The average molecular weight is 329 g/mol. The van der Waals surface area contributed by atoms with Crippen LogP contribution in [0.1, 0.15) is 26.3 Å². The van der Waals surface area contributed by atoms with E-state index < -0.39 is 11.7 Å². The third kappa shape index (κ3) is 6.81. The molecule has 5 nitrogen and oxygen atoms in total. The van der Waals surface area contributed by atoms with Crippen molar-refractivity contribution in [2.75, 3.05) is 0 Å². The van der Waals surface area contributed by atoms with Crippen LogP contribution in [0, 0.1) is 0 Å². The number of ether oxygens (including phenoxy) is 1. The molecule has 104 valence electrons. The third-order valence-electron chi connectivity index (χ3n) is 1.96. The van der Waals surface area contributed by atoms with Crippen molar-refractivity contribution in [1.29, 1.82) is 0 Å². The SMILES string of the molecule is CC(C)(C)OC(=O)NNC(=O)Cc1cccc(Br)c1. The van der Waals surface area contributed by atoms with Gasteiger partial charge in [0.25, 0.3) is 0 Å². The standard InChI is InChI=1S/C13H17BrN2O3/c1-13(2,3)19-12(18)16-15-11(17)8-9-5-4-6-10(14)7-9/h4-7H,8H2,1-3H3,(H,15,17)(H,16,18). The van der Waals surface area contributed by atoms with E-state index in [1.54, 1.807) is 20.8 Å².